The highest BCUT2D eigenvalue weighted by molar-refractivity contribution is 5.95. The van der Waals surface area contributed by atoms with Crippen LogP contribution in [0.2, 0.25) is 0 Å². The standard InChI is InChI=1S/C20H24FN3O3/c1-23(13-15-4-3-5-18(12-15)27-2)14-20(26)24(11-10-19(22)25)17-8-6-16(21)7-9-17/h3-9,12H,10-11,13-14H2,1-2H3,(H2,22,25). The Hall–Kier alpha value is -2.93. The van der Waals surface area contributed by atoms with Crippen molar-refractivity contribution in [2.45, 2.75) is 13.0 Å². The van der Waals surface area contributed by atoms with Gasteiger partial charge in [0.1, 0.15) is 11.6 Å². The number of carbonyl (C=O) groups excluding carboxylic acids is 2. The molecule has 0 unspecified atom stereocenters. The zero-order valence-electron chi connectivity index (χ0n) is 15.5. The molecule has 2 aromatic carbocycles. The molecule has 0 aliphatic rings. The van der Waals surface area contributed by atoms with Crippen LogP contribution in [0.25, 0.3) is 0 Å². The third-order valence-corrected chi connectivity index (χ3v) is 4.01. The maximum absolute atomic E-state index is 13.2. The first-order valence-electron chi connectivity index (χ1n) is 8.54. The molecule has 0 bridgehead atoms. The van der Waals surface area contributed by atoms with E-state index in [1.165, 1.54) is 29.2 Å². The third kappa shape index (κ3) is 6.38. The quantitative estimate of drug-likeness (QED) is 0.731. The summed E-state index contributed by atoms with van der Waals surface area (Å²) in [7, 11) is 3.43. The lowest BCUT2D eigenvalue weighted by Crippen LogP contribution is -2.40. The van der Waals surface area contributed by atoms with Gasteiger partial charge in [0.05, 0.1) is 13.7 Å². The van der Waals surface area contributed by atoms with Gasteiger partial charge in [0, 0.05) is 25.2 Å². The Labute approximate surface area is 158 Å². The number of rotatable bonds is 9. The minimum atomic E-state index is -0.500. The smallest absolute Gasteiger partial charge is 0.241 e. The number of likely N-dealkylation sites (N-methyl/N-ethyl adjacent to an activating group) is 1. The Balaban J connectivity index is 2.06. The molecule has 0 aliphatic heterocycles. The van der Waals surface area contributed by atoms with E-state index in [1.54, 1.807) is 7.11 Å². The average molecular weight is 373 g/mol. The van der Waals surface area contributed by atoms with E-state index in [0.717, 1.165) is 11.3 Å². The number of benzene rings is 2. The number of amides is 2. The molecule has 0 heterocycles. The number of anilines is 1. The number of primary amides is 1. The molecule has 2 amide bonds. The first kappa shape index (κ1) is 20.4. The summed E-state index contributed by atoms with van der Waals surface area (Å²) in [5.74, 6) is -0.342. The molecule has 27 heavy (non-hydrogen) atoms. The molecule has 2 aromatic rings. The number of nitrogens with zero attached hydrogens (tertiary/aromatic N) is 2. The van der Waals surface area contributed by atoms with Crippen LogP contribution in [-0.4, -0.2) is 44.0 Å². The fraction of sp³-hybridized carbons (Fsp3) is 0.300. The van der Waals surface area contributed by atoms with Crippen molar-refractivity contribution in [2.24, 2.45) is 5.73 Å². The largest absolute Gasteiger partial charge is 0.497 e. The lowest BCUT2D eigenvalue weighted by atomic mass is 10.2. The third-order valence-electron chi connectivity index (χ3n) is 4.01. The van der Waals surface area contributed by atoms with Crippen molar-refractivity contribution in [2.75, 3.05) is 32.1 Å². The van der Waals surface area contributed by atoms with Crippen LogP contribution < -0.4 is 15.4 Å². The summed E-state index contributed by atoms with van der Waals surface area (Å²) in [5.41, 5.74) is 6.75. The molecule has 144 valence electrons. The predicted molar refractivity (Wildman–Crippen MR) is 102 cm³/mol. The highest BCUT2D eigenvalue weighted by Gasteiger charge is 2.18. The van der Waals surface area contributed by atoms with Crippen LogP contribution in [0.5, 0.6) is 5.75 Å². The first-order valence-corrected chi connectivity index (χ1v) is 8.54. The molecule has 0 radical (unpaired) electrons. The van der Waals surface area contributed by atoms with Gasteiger partial charge in [-0.3, -0.25) is 14.5 Å². The molecule has 0 atom stereocenters. The van der Waals surface area contributed by atoms with Gasteiger partial charge in [-0.05, 0) is 49.0 Å². The number of carbonyl (C=O) groups is 2. The molecule has 0 fully saturated rings. The predicted octanol–water partition coefficient (Wildman–Crippen LogP) is 2.17. The number of methoxy groups -OCH3 is 1. The van der Waals surface area contributed by atoms with E-state index >= 15 is 0 Å². The first-order chi connectivity index (χ1) is 12.9. The van der Waals surface area contributed by atoms with Gasteiger partial charge in [-0.1, -0.05) is 12.1 Å². The van der Waals surface area contributed by atoms with E-state index in [0.29, 0.717) is 12.2 Å². The van der Waals surface area contributed by atoms with Crippen LogP contribution >= 0.6 is 0 Å². The SMILES string of the molecule is COc1cccc(CN(C)CC(=O)N(CCC(N)=O)c2ccc(F)cc2)c1. The second-order valence-corrected chi connectivity index (χ2v) is 6.26. The van der Waals surface area contributed by atoms with Gasteiger partial charge in [-0.2, -0.15) is 0 Å². The summed E-state index contributed by atoms with van der Waals surface area (Å²) in [5, 5.41) is 0. The second-order valence-electron chi connectivity index (χ2n) is 6.26. The summed E-state index contributed by atoms with van der Waals surface area (Å²) in [4.78, 5) is 27.2. The van der Waals surface area contributed by atoms with Crippen molar-refractivity contribution in [3.8, 4) is 5.75 Å². The van der Waals surface area contributed by atoms with Gasteiger partial charge in [0.25, 0.3) is 0 Å². The number of nitrogens with two attached hydrogens (primary N) is 1. The fourth-order valence-electron chi connectivity index (χ4n) is 2.70. The van der Waals surface area contributed by atoms with Crippen molar-refractivity contribution in [3.63, 3.8) is 0 Å². The van der Waals surface area contributed by atoms with Crippen molar-refractivity contribution >= 4 is 17.5 Å². The van der Waals surface area contributed by atoms with Crippen LogP contribution in [0.1, 0.15) is 12.0 Å². The van der Waals surface area contributed by atoms with Gasteiger partial charge in [-0.25, -0.2) is 4.39 Å². The van der Waals surface area contributed by atoms with E-state index in [1.807, 2.05) is 36.2 Å². The van der Waals surface area contributed by atoms with Crippen molar-refractivity contribution in [1.29, 1.82) is 0 Å². The molecule has 7 heteroatoms. The van der Waals surface area contributed by atoms with E-state index < -0.39 is 11.7 Å². The van der Waals surface area contributed by atoms with Crippen LogP contribution in [0, 0.1) is 5.82 Å². The normalized spacial score (nSPS) is 10.7. The average Bonchev–Trinajstić information content (AvgIpc) is 2.63. The molecule has 2 rings (SSSR count). The van der Waals surface area contributed by atoms with Crippen molar-refractivity contribution in [3.05, 3.63) is 59.9 Å². The molecule has 2 N–H and O–H groups in total. The minimum absolute atomic E-state index is 0.0305. The van der Waals surface area contributed by atoms with Crippen LogP contribution in [0.15, 0.2) is 48.5 Å². The van der Waals surface area contributed by atoms with Gasteiger partial charge < -0.3 is 15.4 Å². The number of hydrogen-bond acceptors (Lipinski definition) is 4. The monoisotopic (exact) mass is 373 g/mol. The van der Waals surface area contributed by atoms with E-state index in [4.69, 9.17) is 10.5 Å². The lowest BCUT2D eigenvalue weighted by molar-refractivity contribution is -0.119. The second kappa shape index (κ2) is 9.68. The molecule has 0 saturated heterocycles. The number of halogens is 1. The Bertz CT molecular complexity index is 780. The van der Waals surface area contributed by atoms with E-state index in [-0.39, 0.29) is 25.4 Å². The Morgan fingerprint density at radius 1 is 1.15 bits per heavy atom. The summed E-state index contributed by atoms with van der Waals surface area (Å²) in [6, 6.07) is 13.2. The molecule has 0 aromatic heterocycles. The number of hydrogen-bond donors (Lipinski definition) is 1. The summed E-state index contributed by atoms with van der Waals surface area (Å²) in [6.07, 6.45) is 0.0305. The molecule has 6 nitrogen and oxygen atoms in total. The highest BCUT2D eigenvalue weighted by Crippen LogP contribution is 2.17. The molecule has 0 spiro atoms. The summed E-state index contributed by atoms with van der Waals surface area (Å²) < 4.78 is 18.4. The highest BCUT2D eigenvalue weighted by atomic mass is 19.1. The van der Waals surface area contributed by atoms with Gasteiger partial charge in [0.15, 0.2) is 0 Å². The van der Waals surface area contributed by atoms with Crippen molar-refractivity contribution < 1.29 is 18.7 Å². The van der Waals surface area contributed by atoms with Crippen molar-refractivity contribution in [1.82, 2.24) is 4.90 Å². The molecule has 0 saturated carbocycles. The maximum Gasteiger partial charge on any atom is 0.241 e. The summed E-state index contributed by atoms with van der Waals surface area (Å²) in [6.45, 7) is 0.830. The van der Waals surface area contributed by atoms with Crippen LogP contribution in [-0.2, 0) is 16.1 Å². The summed E-state index contributed by atoms with van der Waals surface area (Å²) >= 11 is 0. The lowest BCUT2D eigenvalue weighted by Gasteiger charge is -2.25. The Morgan fingerprint density at radius 3 is 2.48 bits per heavy atom. The fourth-order valence-corrected chi connectivity index (χ4v) is 2.70. The molecular weight excluding hydrogens is 349 g/mol. The zero-order valence-corrected chi connectivity index (χ0v) is 15.5. The van der Waals surface area contributed by atoms with Gasteiger partial charge in [0.2, 0.25) is 11.8 Å². The minimum Gasteiger partial charge on any atom is -0.497 e. The number of ether oxygens (including phenoxy) is 1. The molecular formula is C20H24FN3O3. The van der Waals surface area contributed by atoms with Crippen LogP contribution in [0.4, 0.5) is 10.1 Å². The zero-order chi connectivity index (χ0) is 19.8. The Morgan fingerprint density at radius 2 is 1.85 bits per heavy atom. The Kier molecular flexibility index (Phi) is 7.31. The van der Waals surface area contributed by atoms with E-state index in [2.05, 4.69) is 0 Å². The molecule has 0 aliphatic carbocycles. The van der Waals surface area contributed by atoms with E-state index in [9.17, 15) is 14.0 Å². The topological polar surface area (TPSA) is 75.9 Å². The van der Waals surface area contributed by atoms with Gasteiger partial charge in [-0.15, -0.1) is 0 Å². The van der Waals surface area contributed by atoms with Crippen LogP contribution in [0.3, 0.4) is 0 Å². The van der Waals surface area contributed by atoms with Gasteiger partial charge >= 0.3 is 0 Å². The maximum atomic E-state index is 13.2.